The van der Waals surface area contributed by atoms with Crippen LogP contribution in [0.1, 0.15) is 18.5 Å². The Hall–Kier alpha value is -0.940. The van der Waals surface area contributed by atoms with Crippen molar-refractivity contribution in [3.05, 3.63) is 23.5 Å². The molecule has 1 atom stereocenters. The van der Waals surface area contributed by atoms with Crippen molar-refractivity contribution >= 4 is 16.3 Å². The van der Waals surface area contributed by atoms with Crippen LogP contribution in [0.5, 0.6) is 0 Å². The molecule has 0 radical (unpaired) electrons. The lowest BCUT2D eigenvalue weighted by Gasteiger charge is -2.29. The zero-order valence-electron chi connectivity index (χ0n) is 8.95. The minimum atomic E-state index is -1.11. The highest BCUT2D eigenvalue weighted by Gasteiger charge is 2.32. The number of thiazole rings is 1. The first kappa shape index (κ1) is 10.2. The molecule has 1 N–H and O–H groups in total. The van der Waals surface area contributed by atoms with E-state index in [9.17, 15) is 4.39 Å². The Bertz CT molecular complexity index is 456. The van der Waals surface area contributed by atoms with Gasteiger partial charge in [-0.05, 0) is 19.4 Å². The summed E-state index contributed by atoms with van der Waals surface area (Å²) in [5, 5.41) is 5.10. The maximum absolute atomic E-state index is 14.4. The smallest absolute Gasteiger partial charge is 0.193 e. The molecule has 0 saturated carbocycles. The fourth-order valence-electron chi connectivity index (χ4n) is 2.27. The van der Waals surface area contributed by atoms with E-state index in [0.717, 1.165) is 23.6 Å². The Morgan fingerprint density at radius 2 is 2.56 bits per heavy atom. The summed E-state index contributed by atoms with van der Waals surface area (Å²) in [4.78, 5) is 5.37. The van der Waals surface area contributed by atoms with E-state index in [1.807, 2.05) is 22.2 Å². The molecule has 1 saturated heterocycles. The van der Waals surface area contributed by atoms with Gasteiger partial charge in [0.2, 0.25) is 0 Å². The molecular formula is C11H14FN3S. The van der Waals surface area contributed by atoms with Crippen LogP contribution in [0.15, 0.2) is 17.8 Å². The van der Waals surface area contributed by atoms with Gasteiger partial charge in [0.15, 0.2) is 4.96 Å². The minimum absolute atomic E-state index is 0.425. The summed E-state index contributed by atoms with van der Waals surface area (Å²) in [7, 11) is 0. The normalized spacial score (nSPS) is 26.3. The monoisotopic (exact) mass is 239 g/mol. The Balaban J connectivity index is 1.80. The van der Waals surface area contributed by atoms with E-state index >= 15 is 0 Å². The molecule has 0 aromatic carbocycles. The quantitative estimate of drug-likeness (QED) is 0.869. The number of alkyl halides is 1. The van der Waals surface area contributed by atoms with E-state index in [4.69, 9.17) is 0 Å². The lowest BCUT2D eigenvalue weighted by Crippen LogP contribution is -2.43. The highest BCUT2D eigenvalue weighted by atomic mass is 32.1. The molecule has 0 amide bonds. The second kappa shape index (κ2) is 3.82. The van der Waals surface area contributed by atoms with Gasteiger partial charge in [-0.15, -0.1) is 11.3 Å². The number of nitrogens with one attached hydrogen (secondary N) is 1. The first-order valence-electron chi connectivity index (χ1n) is 5.56. The van der Waals surface area contributed by atoms with E-state index in [1.165, 1.54) is 0 Å². The van der Waals surface area contributed by atoms with Crippen LogP contribution in [0.25, 0.3) is 4.96 Å². The van der Waals surface area contributed by atoms with Gasteiger partial charge < -0.3 is 5.32 Å². The Morgan fingerprint density at radius 3 is 3.31 bits per heavy atom. The number of fused-ring (bicyclic) bond motifs is 1. The molecule has 2 aromatic rings. The Morgan fingerprint density at radius 1 is 1.62 bits per heavy atom. The zero-order valence-corrected chi connectivity index (χ0v) is 9.76. The molecule has 5 heteroatoms. The van der Waals surface area contributed by atoms with E-state index in [1.54, 1.807) is 11.3 Å². The molecule has 16 heavy (non-hydrogen) atoms. The van der Waals surface area contributed by atoms with Crippen LogP contribution in [0.4, 0.5) is 4.39 Å². The van der Waals surface area contributed by atoms with Gasteiger partial charge in [-0.3, -0.25) is 4.40 Å². The first-order chi connectivity index (χ1) is 7.75. The maximum atomic E-state index is 14.4. The van der Waals surface area contributed by atoms with Crippen molar-refractivity contribution in [3.63, 3.8) is 0 Å². The Labute approximate surface area is 97.3 Å². The number of nitrogens with zero attached hydrogens (tertiary/aromatic N) is 2. The molecule has 0 aliphatic carbocycles. The first-order valence-corrected chi connectivity index (χ1v) is 6.44. The molecule has 1 aliphatic rings. The standard InChI is InChI=1S/C11H14FN3S/c12-11(2-1-3-13-8-11)6-9-7-15-4-5-16-10(15)14-9/h4-5,7,13H,1-3,6,8H2. The van der Waals surface area contributed by atoms with Gasteiger partial charge >= 0.3 is 0 Å². The molecule has 1 aliphatic heterocycles. The summed E-state index contributed by atoms with van der Waals surface area (Å²) >= 11 is 1.58. The molecule has 3 heterocycles. The third-order valence-electron chi connectivity index (χ3n) is 3.06. The predicted octanol–water partition coefficient (Wildman–Crippen LogP) is 2.03. The van der Waals surface area contributed by atoms with Crippen LogP contribution in [0.3, 0.4) is 0 Å². The van der Waals surface area contributed by atoms with Gasteiger partial charge in [0.25, 0.3) is 0 Å². The zero-order chi connectivity index (χ0) is 11.0. The molecule has 0 bridgehead atoms. The summed E-state index contributed by atoms with van der Waals surface area (Å²) in [5.74, 6) is 0. The third kappa shape index (κ3) is 1.85. The highest BCUT2D eigenvalue weighted by molar-refractivity contribution is 7.15. The van der Waals surface area contributed by atoms with Crippen LogP contribution in [0, 0.1) is 0 Å². The van der Waals surface area contributed by atoms with E-state index in [-0.39, 0.29) is 0 Å². The van der Waals surface area contributed by atoms with Gasteiger partial charge in [0, 0.05) is 30.7 Å². The highest BCUT2D eigenvalue weighted by Crippen LogP contribution is 2.26. The number of hydrogen-bond donors (Lipinski definition) is 1. The largest absolute Gasteiger partial charge is 0.314 e. The van der Waals surface area contributed by atoms with Crippen LogP contribution in [-0.4, -0.2) is 28.1 Å². The Kier molecular flexibility index (Phi) is 2.44. The summed E-state index contributed by atoms with van der Waals surface area (Å²) in [5.41, 5.74) is -0.250. The van der Waals surface area contributed by atoms with Crippen LogP contribution < -0.4 is 5.32 Å². The fraction of sp³-hybridized carbons (Fsp3) is 0.545. The molecule has 0 spiro atoms. The maximum Gasteiger partial charge on any atom is 0.193 e. The van der Waals surface area contributed by atoms with Gasteiger partial charge in [-0.1, -0.05) is 0 Å². The molecule has 3 nitrogen and oxygen atoms in total. The summed E-state index contributed by atoms with van der Waals surface area (Å²) in [6, 6.07) is 0. The van der Waals surface area contributed by atoms with Crippen LogP contribution in [-0.2, 0) is 6.42 Å². The second-order valence-electron chi connectivity index (χ2n) is 4.43. The van der Waals surface area contributed by atoms with Crippen molar-refractivity contribution in [2.24, 2.45) is 0 Å². The average molecular weight is 239 g/mol. The third-order valence-corrected chi connectivity index (χ3v) is 3.83. The van der Waals surface area contributed by atoms with E-state index < -0.39 is 5.67 Å². The molecule has 86 valence electrons. The van der Waals surface area contributed by atoms with Crippen LogP contribution in [0.2, 0.25) is 0 Å². The van der Waals surface area contributed by atoms with E-state index in [0.29, 0.717) is 19.4 Å². The molecule has 1 unspecified atom stereocenters. The van der Waals surface area contributed by atoms with Gasteiger partial charge in [0.05, 0.1) is 5.69 Å². The fourth-order valence-corrected chi connectivity index (χ4v) is 2.99. The van der Waals surface area contributed by atoms with E-state index in [2.05, 4.69) is 10.3 Å². The minimum Gasteiger partial charge on any atom is -0.314 e. The van der Waals surface area contributed by atoms with Crippen molar-refractivity contribution < 1.29 is 4.39 Å². The number of hydrogen-bond acceptors (Lipinski definition) is 3. The van der Waals surface area contributed by atoms with Crippen molar-refractivity contribution in [1.29, 1.82) is 0 Å². The summed E-state index contributed by atoms with van der Waals surface area (Å²) < 4.78 is 16.3. The topological polar surface area (TPSA) is 29.3 Å². The number of piperidine rings is 1. The second-order valence-corrected chi connectivity index (χ2v) is 5.31. The number of rotatable bonds is 2. The number of aromatic nitrogens is 2. The van der Waals surface area contributed by atoms with Crippen molar-refractivity contribution in [1.82, 2.24) is 14.7 Å². The van der Waals surface area contributed by atoms with Gasteiger partial charge in [-0.2, -0.15) is 0 Å². The molecule has 1 fully saturated rings. The lowest BCUT2D eigenvalue weighted by molar-refractivity contribution is 0.121. The molecule has 3 rings (SSSR count). The molecule has 2 aromatic heterocycles. The molecular weight excluding hydrogens is 225 g/mol. The average Bonchev–Trinajstić information content (AvgIpc) is 2.78. The predicted molar refractivity (Wildman–Crippen MR) is 62.7 cm³/mol. The van der Waals surface area contributed by atoms with Gasteiger partial charge in [-0.25, -0.2) is 9.37 Å². The lowest BCUT2D eigenvalue weighted by atomic mass is 9.91. The van der Waals surface area contributed by atoms with Crippen molar-refractivity contribution in [2.75, 3.05) is 13.1 Å². The van der Waals surface area contributed by atoms with Crippen molar-refractivity contribution in [2.45, 2.75) is 24.9 Å². The SMILES string of the molecule is FC1(Cc2cn3ccsc3n2)CCCNC1. The van der Waals surface area contributed by atoms with Gasteiger partial charge in [0.1, 0.15) is 5.67 Å². The van der Waals surface area contributed by atoms with Crippen LogP contribution >= 0.6 is 11.3 Å². The number of imidazole rings is 1. The number of halogens is 1. The van der Waals surface area contributed by atoms with Crippen molar-refractivity contribution in [3.8, 4) is 0 Å². The summed E-state index contributed by atoms with van der Waals surface area (Å²) in [6.07, 6.45) is 5.88. The summed E-state index contributed by atoms with van der Waals surface area (Å²) in [6.45, 7) is 1.39.